The number of hydrogen-bond donors (Lipinski definition) is 2. The van der Waals surface area contributed by atoms with Crippen molar-refractivity contribution in [1.29, 1.82) is 0 Å². The van der Waals surface area contributed by atoms with Crippen LogP contribution in [0.5, 0.6) is 0 Å². The molecule has 0 unspecified atom stereocenters. The Morgan fingerprint density at radius 2 is 1.90 bits per heavy atom. The lowest BCUT2D eigenvalue weighted by Gasteiger charge is -2.24. The summed E-state index contributed by atoms with van der Waals surface area (Å²) < 4.78 is 25.2. The van der Waals surface area contributed by atoms with Crippen molar-refractivity contribution < 1.29 is 23.1 Å². The third-order valence-corrected chi connectivity index (χ3v) is 6.28. The van der Waals surface area contributed by atoms with Gasteiger partial charge in [-0.05, 0) is 25.0 Å². The number of amides is 1. The number of carbonyl (C=O) groups is 2. The van der Waals surface area contributed by atoms with Gasteiger partial charge in [0.25, 0.3) is 0 Å². The van der Waals surface area contributed by atoms with E-state index in [0.717, 1.165) is 12.8 Å². The summed E-state index contributed by atoms with van der Waals surface area (Å²) in [7, 11) is -3.71. The Labute approximate surface area is 122 Å². The first-order valence-corrected chi connectivity index (χ1v) is 8.41. The molecule has 2 N–H and O–H groups in total. The lowest BCUT2D eigenvalue weighted by molar-refractivity contribution is -0.124. The summed E-state index contributed by atoms with van der Waals surface area (Å²) in [4.78, 5) is 23.7. The lowest BCUT2D eigenvalue weighted by atomic mass is 9.87. The van der Waals surface area contributed by atoms with Crippen LogP contribution in [0.4, 0.5) is 5.69 Å². The Kier molecular flexibility index (Phi) is 3.05. The molecule has 1 aromatic rings. The molecule has 1 heterocycles. The van der Waals surface area contributed by atoms with Gasteiger partial charge in [0, 0.05) is 0 Å². The highest BCUT2D eigenvalue weighted by Gasteiger charge is 2.48. The van der Waals surface area contributed by atoms with Crippen LogP contribution in [0.25, 0.3) is 0 Å². The number of carbonyl (C=O) groups excluding carboxylic acids is 1. The van der Waals surface area contributed by atoms with Gasteiger partial charge in [-0.2, -0.15) is 0 Å². The Balaban J connectivity index is 2.22. The highest BCUT2D eigenvalue weighted by atomic mass is 32.2. The van der Waals surface area contributed by atoms with Gasteiger partial charge in [-0.15, -0.1) is 0 Å². The molecule has 1 fully saturated rings. The summed E-state index contributed by atoms with van der Waals surface area (Å²) in [6, 6.07) is 4.04. The standard InChI is InChI=1S/C14H15NO5S/c16-12(17)9-4-3-5-10-11(9)15-13(18)14(6-1-2-7-14)8-21(10,19)20/h3-5H,1-2,6-8H2,(H,15,18)(H,16,17). The molecule has 1 saturated carbocycles. The van der Waals surface area contributed by atoms with Crippen LogP contribution in [0.2, 0.25) is 0 Å². The number of hydrogen-bond acceptors (Lipinski definition) is 4. The zero-order chi connectivity index (χ0) is 15.3. The summed E-state index contributed by atoms with van der Waals surface area (Å²) >= 11 is 0. The molecule has 2 aliphatic rings. The number of carboxylic acids is 1. The normalized spacial score (nSPS) is 22.4. The molecule has 0 saturated heterocycles. The Bertz CT molecular complexity index is 732. The molecule has 1 aliphatic carbocycles. The van der Waals surface area contributed by atoms with E-state index >= 15 is 0 Å². The molecule has 1 aliphatic heterocycles. The molecule has 112 valence electrons. The number of benzene rings is 1. The van der Waals surface area contributed by atoms with Crippen LogP contribution in [-0.2, 0) is 14.6 Å². The minimum atomic E-state index is -3.71. The first-order chi connectivity index (χ1) is 9.86. The molecule has 6 nitrogen and oxygen atoms in total. The van der Waals surface area contributed by atoms with Gasteiger partial charge in [0.15, 0.2) is 9.84 Å². The fraction of sp³-hybridized carbons (Fsp3) is 0.429. The van der Waals surface area contributed by atoms with Gasteiger partial charge < -0.3 is 10.4 Å². The lowest BCUT2D eigenvalue weighted by Crippen LogP contribution is -2.37. The fourth-order valence-corrected chi connectivity index (χ4v) is 5.33. The van der Waals surface area contributed by atoms with E-state index in [9.17, 15) is 23.1 Å². The van der Waals surface area contributed by atoms with Crippen molar-refractivity contribution in [2.24, 2.45) is 5.41 Å². The number of fused-ring (bicyclic) bond motifs is 1. The monoisotopic (exact) mass is 309 g/mol. The Morgan fingerprint density at radius 3 is 2.52 bits per heavy atom. The van der Waals surface area contributed by atoms with Gasteiger partial charge in [0.2, 0.25) is 5.91 Å². The maximum atomic E-state index is 12.6. The average molecular weight is 309 g/mol. The predicted molar refractivity (Wildman–Crippen MR) is 75.0 cm³/mol. The van der Waals surface area contributed by atoms with Crippen LogP contribution in [0.1, 0.15) is 36.0 Å². The van der Waals surface area contributed by atoms with Crippen LogP contribution >= 0.6 is 0 Å². The minimum absolute atomic E-state index is 0.0977. The first-order valence-electron chi connectivity index (χ1n) is 6.76. The Morgan fingerprint density at radius 1 is 1.24 bits per heavy atom. The molecule has 7 heteroatoms. The molecule has 0 radical (unpaired) electrons. The second kappa shape index (κ2) is 4.56. The van der Waals surface area contributed by atoms with Crippen molar-refractivity contribution in [2.75, 3.05) is 11.1 Å². The van der Waals surface area contributed by atoms with E-state index in [1.165, 1.54) is 18.2 Å². The van der Waals surface area contributed by atoms with E-state index in [-0.39, 0.29) is 27.8 Å². The maximum Gasteiger partial charge on any atom is 0.337 e. The summed E-state index contributed by atoms with van der Waals surface area (Å²) in [5, 5.41) is 11.8. The average Bonchev–Trinajstić information content (AvgIpc) is 2.84. The van der Waals surface area contributed by atoms with Gasteiger partial charge in [-0.1, -0.05) is 18.9 Å². The zero-order valence-electron chi connectivity index (χ0n) is 11.3. The van der Waals surface area contributed by atoms with Gasteiger partial charge in [-0.3, -0.25) is 4.79 Å². The molecular weight excluding hydrogens is 294 g/mol. The van der Waals surface area contributed by atoms with Crippen LogP contribution in [0, 0.1) is 5.41 Å². The number of anilines is 1. The molecule has 21 heavy (non-hydrogen) atoms. The van der Waals surface area contributed by atoms with E-state index in [2.05, 4.69) is 5.32 Å². The summed E-state index contributed by atoms with van der Waals surface area (Å²) in [5.74, 6) is -1.89. The van der Waals surface area contributed by atoms with Crippen LogP contribution in [0.15, 0.2) is 23.1 Å². The number of aromatic carboxylic acids is 1. The molecule has 1 amide bonds. The molecule has 0 bridgehead atoms. The molecule has 1 spiro atoms. The SMILES string of the molecule is O=C(O)c1cccc2c1NC(=O)C1(CCCC1)CS2(=O)=O. The smallest absolute Gasteiger partial charge is 0.337 e. The highest BCUT2D eigenvalue weighted by Crippen LogP contribution is 2.45. The molecule has 0 aromatic heterocycles. The number of nitrogens with one attached hydrogen (secondary N) is 1. The second-order valence-corrected chi connectivity index (χ2v) is 7.64. The number of para-hydroxylation sites is 1. The topological polar surface area (TPSA) is 101 Å². The largest absolute Gasteiger partial charge is 0.478 e. The van der Waals surface area contributed by atoms with Crippen molar-refractivity contribution in [3.05, 3.63) is 23.8 Å². The van der Waals surface area contributed by atoms with E-state index in [0.29, 0.717) is 12.8 Å². The maximum absolute atomic E-state index is 12.6. The van der Waals surface area contributed by atoms with Crippen LogP contribution < -0.4 is 5.32 Å². The quantitative estimate of drug-likeness (QED) is 0.822. The van der Waals surface area contributed by atoms with Crippen molar-refractivity contribution in [1.82, 2.24) is 0 Å². The number of carboxylic acid groups (broad SMARTS) is 1. The van der Waals surface area contributed by atoms with Crippen molar-refractivity contribution in [2.45, 2.75) is 30.6 Å². The summed E-state index contributed by atoms with van der Waals surface area (Å²) in [6.45, 7) is 0. The molecule has 1 aromatic carbocycles. The van der Waals surface area contributed by atoms with Crippen molar-refractivity contribution in [3.8, 4) is 0 Å². The van der Waals surface area contributed by atoms with Gasteiger partial charge in [0.1, 0.15) is 0 Å². The van der Waals surface area contributed by atoms with Gasteiger partial charge in [0.05, 0.1) is 27.3 Å². The molecule has 0 atom stereocenters. The molecular formula is C14H15NO5S. The second-order valence-electron chi connectivity index (χ2n) is 5.68. The van der Waals surface area contributed by atoms with E-state index in [1.54, 1.807) is 0 Å². The zero-order valence-corrected chi connectivity index (χ0v) is 12.1. The third-order valence-electron chi connectivity index (χ3n) is 4.34. The van der Waals surface area contributed by atoms with E-state index in [1.807, 2.05) is 0 Å². The van der Waals surface area contributed by atoms with E-state index < -0.39 is 21.2 Å². The van der Waals surface area contributed by atoms with Crippen molar-refractivity contribution in [3.63, 3.8) is 0 Å². The van der Waals surface area contributed by atoms with Crippen LogP contribution in [-0.4, -0.2) is 31.2 Å². The summed E-state index contributed by atoms with van der Waals surface area (Å²) in [5.41, 5.74) is -1.22. The number of rotatable bonds is 1. The van der Waals surface area contributed by atoms with E-state index in [4.69, 9.17) is 0 Å². The fourth-order valence-electron chi connectivity index (χ4n) is 3.27. The third kappa shape index (κ3) is 2.12. The number of sulfone groups is 1. The predicted octanol–water partition coefficient (Wildman–Crippen LogP) is 1.67. The Hall–Kier alpha value is -1.89. The highest BCUT2D eigenvalue weighted by molar-refractivity contribution is 7.91. The summed E-state index contributed by atoms with van der Waals surface area (Å²) in [6.07, 6.45) is 2.67. The van der Waals surface area contributed by atoms with Gasteiger partial charge in [-0.25, -0.2) is 13.2 Å². The van der Waals surface area contributed by atoms with Gasteiger partial charge >= 0.3 is 5.97 Å². The first kappa shape index (κ1) is 14.1. The van der Waals surface area contributed by atoms with Crippen LogP contribution in [0.3, 0.4) is 0 Å². The minimum Gasteiger partial charge on any atom is -0.478 e. The van der Waals surface area contributed by atoms with Crippen molar-refractivity contribution >= 4 is 27.4 Å². The molecule has 3 rings (SSSR count).